The summed E-state index contributed by atoms with van der Waals surface area (Å²) in [6.45, 7) is 3.95. The Kier molecular flexibility index (Phi) is 6.65. The third-order valence-corrected chi connectivity index (χ3v) is 3.23. The van der Waals surface area contributed by atoms with Crippen LogP contribution in [0.15, 0.2) is 34.0 Å². The van der Waals surface area contributed by atoms with Crippen LogP contribution in [0.3, 0.4) is 0 Å². The fraction of sp³-hybridized carbons (Fsp3) is 0.533. The number of aliphatic hydroxyl groups is 1. The van der Waals surface area contributed by atoms with E-state index in [1.165, 1.54) is 14.2 Å². The summed E-state index contributed by atoms with van der Waals surface area (Å²) in [6, 6.07) is 0.00380. The molecule has 0 fully saturated rings. The quantitative estimate of drug-likeness (QED) is 0.463. The molecule has 2 N–H and O–H groups in total. The zero-order chi connectivity index (χ0) is 15.8. The number of carbonyl (C=O) groups is 1. The van der Waals surface area contributed by atoms with Gasteiger partial charge in [-0.25, -0.2) is 4.79 Å². The van der Waals surface area contributed by atoms with E-state index in [9.17, 15) is 9.90 Å². The van der Waals surface area contributed by atoms with Crippen molar-refractivity contribution in [3.05, 3.63) is 24.0 Å². The molecule has 0 aromatic rings. The molecule has 116 valence electrons. The molecular formula is C15H23N3O3. The molecule has 1 unspecified atom stereocenters. The Morgan fingerprint density at radius 1 is 1.57 bits per heavy atom. The Bertz CT molecular complexity index is 492. The molecule has 6 heteroatoms. The maximum Gasteiger partial charge on any atom is 0.373 e. The Hall–Kier alpha value is -2.11. The maximum absolute atomic E-state index is 11.5. The van der Waals surface area contributed by atoms with Crippen LogP contribution in [0.1, 0.15) is 26.7 Å². The zero-order valence-corrected chi connectivity index (χ0v) is 13.0. The minimum Gasteiger partial charge on any atom is -0.508 e. The predicted octanol–water partition coefficient (Wildman–Crippen LogP) is 1.99. The Morgan fingerprint density at radius 2 is 2.29 bits per heavy atom. The SMILES string of the molecule is CCC(=N[C@@H]1CC=CC(O)=CC1C)NC(=NC)C(=O)OC. The summed E-state index contributed by atoms with van der Waals surface area (Å²) in [5.74, 6) is 0.638. The van der Waals surface area contributed by atoms with Crippen LogP contribution >= 0.6 is 0 Å². The monoisotopic (exact) mass is 293 g/mol. The lowest BCUT2D eigenvalue weighted by molar-refractivity contribution is -0.132. The van der Waals surface area contributed by atoms with E-state index < -0.39 is 5.97 Å². The molecule has 0 radical (unpaired) electrons. The molecule has 0 aliphatic heterocycles. The van der Waals surface area contributed by atoms with Crippen LogP contribution in [0, 0.1) is 5.92 Å². The smallest absolute Gasteiger partial charge is 0.373 e. The van der Waals surface area contributed by atoms with Crippen molar-refractivity contribution >= 4 is 17.6 Å². The normalized spacial score (nSPS) is 23.3. The van der Waals surface area contributed by atoms with Crippen molar-refractivity contribution in [1.29, 1.82) is 0 Å². The lowest BCUT2D eigenvalue weighted by Crippen LogP contribution is -2.37. The van der Waals surface area contributed by atoms with E-state index in [0.29, 0.717) is 12.3 Å². The molecule has 1 aliphatic rings. The number of ether oxygens (including phenoxy) is 1. The highest BCUT2D eigenvalue weighted by Gasteiger charge is 2.18. The molecule has 0 amide bonds. The summed E-state index contributed by atoms with van der Waals surface area (Å²) in [6.07, 6.45) is 6.72. The predicted molar refractivity (Wildman–Crippen MR) is 83.7 cm³/mol. The van der Waals surface area contributed by atoms with Crippen molar-refractivity contribution < 1.29 is 14.6 Å². The summed E-state index contributed by atoms with van der Waals surface area (Å²) in [5.41, 5.74) is 0. The number of nitrogens with one attached hydrogen (secondary N) is 1. The highest BCUT2D eigenvalue weighted by atomic mass is 16.5. The van der Waals surface area contributed by atoms with Crippen LogP contribution in [-0.4, -0.2) is 42.9 Å². The van der Waals surface area contributed by atoms with Gasteiger partial charge in [0.1, 0.15) is 11.6 Å². The standard InChI is InChI=1S/C15H23N3O3/c1-5-13(18-14(16-3)15(20)21-4)17-12-8-6-7-11(19)9-10(12)2/h6-7,9-10,12,19H,5,8H2,1-4H3,(H,16,17,18)/t10?,12-/m1/s1. The first-order chi connectivity index (χ1) is 10.0. The number of hydrogen-bond donors (Lipinski definition) is 2. The number of nitrogens with zero attached hydrogens (tertiary/aromatic N) is 2. The van der Waals surface area contributed by atoms with Gasteiger partial charge in [0.05, 0.1) is 13.2 Å². The number of aliphatic imine (C=N–C) groups is 2. The van der Waals surface area contributed by atoms with Crippen LogP contribution in [0.2, 0.25) is 0 Å². The van der Waals surface area contributed by atoms with Crippen LogP contribution < -0.4 is 5.32 Å². The van der Waals surface area contributed by atoms with E-state index in [4.69, 9.17) is 0 Å². The van der Waals surface area contributed by atoms with Crippen molar-refractivity contribution in [2.75, 3.05) is 14.2 Å². The van der Waals surface area contributed by atoms with Crippen LogP contribution in [0.5, 0.6) is 0 Å². The van der Waals surface area contributed by atoms with Gasteiger partial charge in [0, 0.05) is 19.4 Å². The fourth-order valence-electron chi connectivity index (χ4n) is 1.99. The third-order valence-electron chi connectivity index (χ3n) is 3.23. The molecular weight excluding hydrogens is 270 g/mol. The molecule has 0 aromatic carbocycles. The molecule has 0 heterocycles. The number of amidine groups is 2. The molecule has 1 rings (SSSR count). The van der Waals surface area contributed by atoms with E-state index in [0.717, 1.165) is 6.42 Å². The van der Waals surface area contributed by atoms with Gasteiger partial charge in [-0.05, 0) is 18.6 Å². The van der Waals surface area contributed by atoms with E-state index in [1.54, 1.807) is 12.2 Å². The molecule has 21 heavy (non-hydrogen) atoms. The summed E-state index contributed by atoms with van der Waals surface area (Å²) in [5, 5.41) is 12.5. The van der Waals surface area contributed by atoms with E-state index in [1.807, 2.05) is 19.9 Å². The van der Waals surface area contributed by atoms with Gasteiger partial charge in [0.2, 0.25) is 5.84 Å². The maximum atomic E-state index is 11.5. The van der Waals surface area contributed by atoms with Crippen molar-refractivity contribution in [2.24, 2.45) is 15.9 Å². The lowest BCUT2D eigenvalue weighted by Gasteiger charge is -2.17. The fourth-order valence-corrected chi connectivity index (χ4v) is 1.99. The van der Waals surface area contributed by atoms with Crippen LogP contribution in [0.4, 0.5) is 0 Å². The molecule has 6 nitrogen and oxygen atoms in total. The van der Waals surface area contributed by atoms with Crippen molar-refractivity contribution in [3.8, 4) is 0 Å². The highest BCUT2D eigenvalue weighted by molar-refractivity contribution is 6.38. The second-order valence-electron chi connectivity index (χ2n) is 4.77. The van der Waals surface area contributed by atoms with E-state index in [-0.39, 0.29) is 23.6 Å². The van der Waals surface area contributed by atoms with Gasteiger partial charge in [0.15, 0.2) is 0 Å². The van der Waals surface area contributed by atoms with E-state index in [2.05, 4.69) is 20.0 Å². The molecule has 2 atom stereocenters. The Balaban J connectivity index is 2.88. The molecule has 0 spiro atoms. The first kappa shape index (κ1) is 16.9. The molecule has 1 aliphatic carbocycles. The minimum absolute atomic E-state index is 0.00380. The molecule has 0 bridgehead atoms. The first-order valence-corrected chi connectivity index (χ1v) is 6.97. The second kappa shape index (κ2) is 8.24. The van der Waals surface area contributed by atoms with Gasteiger partial charge in [-0.1, -0.05) is 19.9 Å². The number of esters is 1. The Labute approximate surface area is 125 Å². The van der Waals surface area contributed by atoms with Crippen molar-refractivity contribution in [2.45, 2.75) is 32.7 Å². The van der Waals surface area contributed by atoms with Gasteiger partial charge < -0.3 is 15.2 Å². The number of aliphatic hydroxyl groups excluding tert-OH is 1. The summed E-state index contributed by atoms with van der Waals surface area (Å²) < 4.78 is 4.65. The zero-order valence-electron chi connectivity index (χ0n) is 13.0. The highest BCUT2D eigenvalue weighted by Crippen LogP contribution is 2.19. The van der Waals surface area contributed by atoms with Crippen molar-refractivity contribution in [3.63, 3.8) is 0 Å². The van der Waals surface area contributed by atoms with Gasteiger partial charge in [-0.3, -0.25) is 9.98 Å². The topological polar surface area (TPSA) is 83.3 Å². The van der Waals surface area contributed by atoms with Gasteiger partial charge in [-0.2, -0.15) is 0 Å². The third kappa shape index (κ3) is 5.06. The second-order valence-corrected chi connectivity index (χ2v) is 4.77. The molecule has 0 saturated carbocycles. The first-order valence-electron chi connectivity index (χ1n) is 6.97. The number of carbonyl (C=O) groups excluding carboxylic acids is 1. The number of rotatable bonds is 2. The van der Waals surface area contributed by atoms with Gasteiger partial charge in [0.25, 0.3) is 0 Å². The molecule has 0 saturated heterocycles. The van der Waals surface area contributed by atoms with Gasteiger partial charge in [-0.15, -0.1) is 0 Å². The number of hydrogen-bond acceptors (Lipinski definition) is 5. The average Bonchev–Trinajstić information content (AvgIpc) is 2.63. The summed E-state index contributed by atoms with van der Waals surface area (Å²) in [7, 11) is 2.83. The summed E-state index contributed by atoms with van der Waals surface area (Å²) >= 11 is 0. The van der Waals surface area contributed by atoms with Crippen LogP contribution in [-0.2, 0) is 9.53 Å². The van der Waals surface area contributed by atoms with E-state index >= 15 is 0 Å². The average molecular weight is 293 g/mol. The molecule has 0 aromatic heterocycles. The van der Waals surface area contributed by atoms with Crippen LogP contribution in [0.25, 0.3) is 0 Å². The lowest BCUT2D eigenvalue weighted by atomic mass is 10.0. The van der Waals surface area contributed by atoms with Crippen molar-refractivity contribution in [1.82, 2.24) is 5.32 Å². The number of allylic oxidation sites excluding steroid dienone is 1. The minimum atomic E-state index is -0.523. The Morgan fingerprint density at radius 3 is 2.86 bits per heavy atom. The number of methoxy groups -OCH3 is 1. The summed E-state index contributed by atoms with van der Waals surface area (Å²) in [4.78, 5) is 20.0. The largest absolute Gasteiger partial charge is 0.508 e. The van der Waals surface area contributed by atoms with Gasteiger partial charge >= 0.3 is 5.97 Å².